The fourth-order valence-corrected chi connectivity index (χ4v) is 7.56. The van der Waals surface area contributed by atoms with E-state index in [0.717, 1.165) is 0 Å². The number of amidine groups is 2. The predicted molar refractivity (Wildman–Crippen MR) is 277 cm³/mol. The number of anilines is 5. The zero-order valence-corrected chi connectivity index (χ0v) is 41.4. The van der Waals surface area contributed by atoms with Crippen molar-refractivity contribution in [1.29, 1.82) is 10.8 Å². The summed E-state index contributed by atoms with van der Waals surface area (Å²) in [6.45, 7) is 6.78. The smallest absolute Gasteiger partial charge is 0.294 e. The highest BCUT2D eigenvalue weighted by atomic mass is 32.2. The van der Waals surface area contributed by atoms with E-state index < -0.39 is 20.2 Å². The van der Waals surface area contributed by atoms with Crippen LogP contribution >= 0.6 is 0 Å². The topological polar surface area (TPSA) is 393 Å². The molecule has 0 unspecified atom stereocenters. The Kier molecular flexibility index (Phi) is 22.8. The third-order valence-corrected chi connectivity index (χ3v) is 11.9. The maximum atomic E-state index is 12.9. The molecule has 4 aromatic carbocycles. The minimum absolute atomic E-state index is 0.0694. The van der Waals surface area contributed by atoms with Gasteiger partial charge >= 0.3 is 0 Å². The molecule has 4 aromatic rings. The normalized spacial score (nSPS) is 14.7. The van der Waals surface area contributed by atoms with E-state index in [0.29, 0.717) is 73.3 Å². The first-order chi connectivity index (χ1) is 34.8. The molecular weight excluding hydrogens is 995 g/mol. The van der Waals surface area contributed by atoms with Crippen LogP contribution in [0.4, 0.5) is 28.4 Å². The standard InChI is InChI=1S/C33H29N11O7S2.2C6H15NO3/c1-19-29(31(34)43(41-19)25-5-3-7-27(17-25)52(46,47)48)39-37-23-11-9-21(10-12-23)33(45)36-22-13-15-24(16-14-22)38-40-30-20(2)42-44(32(30)35)26-6-4-8-28(18-26)53(49,50)51;2*8-4-1-7(2-5-9)3-6-10/h3-18,34-35,37-38H,1-2H3,(H,36,45)(H,46,47,48)(H,49,50,51);2*8-10H,1-6H2/b34-31?,35-32?,39-29-,40-30+;;. The Bertz CT molecular complexity index is 2820. The number of aliphatic hydroxyl groups excluding tert-OH is 6. The number of carbonyl (C=O) groups is 1. The first-order valence-electron chi connectivity index (χ1n) is 22.1. The third kappa shape index (κ3) is 17.7. The Morgan fingerprint density at radius 3 is 1.21 bits per heavy atom. The molecule has 13 N–H and O–H groups in total. The molecule has 394 valence electrons. The molecule has 0 aliphatic carbocycles. The van der Waals surface area contributed by atoms with E-state index in [1.165, 1.54) is 52.5 Å². The van der Waals surface area contributed by atoms with Crippen molar-refractivity contribution in [3.63, 3.8) is 0 Å². The summed E-state index contributed by atoms with van der Waals surface area (Å²) < 4.78 is 64.9. The van der Waals surface area contributed by atoms with Crippen molar-refractivity contribution >= 4 is 89.1 Å². The van der Waals surface area contributed by atoms with Gasteiger partial charge in [0.05, 0.1) is 83.6 Å². The third-order valence-electron chi connectivity index (χ3n) is 10.2. The van der Waals surface area contributed by atoms with E-state index >= 15 is 0 Å². The number of rotatable bonds is 22. The van der Waals surface area contributed by atoms with Crippen LogP contribution in [0.5, 0.6) is 0 Å². The molecule has 0 saturated heterocycles. The second kappa shape index (κ2) is 28.3. The molecule has 73 heavy (non-hydrogen) atoms. The highest BCUT2D eigenvalue weighted by Crippen LogP contribution is 2.25. The van der Waals surface area contributed by atoms with E-state index in [-0.39, 0.29) is 89.8 Å². The summed E-state index contributed by atoms with van der Waals surface area (Å²) in [5.74, 6) is -0.615. The van der Waals surface area contributed by atoms with Gasteiger partial charge in [-0.15, -0.1) is 0 Å². The van der Waals surface area contributed by atoms with Crippen LogP contribution in [-0.2, 0) is 20.2 Å². The number of amides is 1. The second-order valence-corrected chi connectivity index (χ2v) is 18.3. The van der Waals surface area contributed by atoms with Crippen LogP contribution in [0.2, 0.25) is 0 Å². The zero-order valence-electron chi connectivity index (χ0n) is 39.7. The van der Waals surface area contributed by atoms with Gasteiger partial charge in [0.25, 0.3) is 26.1 Å². The summed E-state index contributed by atoms with van der Waals surface area (Å²) in [5.41, 5.74) is 9.30. The fourth-order valence-electron chi connectivity index (χ4n) is 6.52. The largest absolute Gasteiger partial charge is 0.395 e. The molecule has 0 saturated carbocycles. The van der Waals surface area contributed by atoms with Crippen LogP contribution in [0.1, 0.15) is 24.2 Å². The van der Waals surface area contributed by atoms with Crippen molar-refractivity contribution in [2.24, 2.45) is 20.4 Å². The molecule has 0 atom stereocenters. The van der Waals surface area contributed by atoms with E-state index in [1.807, 2.05) is 0 Å². The summed E-state index contributed by atoms with van der Waals surface area (Å²) in [7, 11) is -8.89. The molecule has 0 spiro atoms. The van der Waals surface area contributed by atoms with Crippen LogP contribution in [0.3, 0.4) is 0 Å². The molecule has 0 fully saturated rings. The number of hydrogen-bond acceptors (Lipinski definition) is 21. The van der Waals surface area contributed by atoms with Crippen molar-refractivity contribution in [2.75, 3.05) is 105 Å². The minimum atomic E-state index is -4.45. The Morgan fingerprint density at radius 1 is 0.548 bits per heavy atom. The predicted octanol–water partition coefficient (Wildman–Crippen LogP) is 1.25. The zero-order chi connectivity index (χ0) is 53.7. The number of nitrogens with one attached hydrogen (secondary N) is 5. The quantitative estimate of drug-likeness (QED) is 0.0389. The van der Waals surface area contributed by atoms with Gasteiger partial charge in [-0.05, 0) is 98.8 Å². The van der Waals surface area contributed by atoms with Crippen LogP contribution in [-0.4, -0.2) is 186 Å². The summed E-state index contributed by atoms with van der Waals surface area (Å²) in [6, 6.07) is 23.8. The summed E-state index contributed by atoms with van der Waals surface area (Å²) in [6.07, 6.45) is 0. The van der Waals surface area contributed by atoms with Crippen molar-refractivity contribution in [3.05, 3.63) is 103 Å². The average molecular weight is 1050 g/mol. The maximum absolute atomic E-state index is 12.9. The highest BCUT2D eigenvalue weighted by molar-refractivity contribution is 7.86. The second-order valence-electron chi connectivity index (χ2n) is 15.4. The Hall–Kier alpha value is -6.93. The molecule has 0 aromatic heterocycles. The lowest BCUT2D eigenvalue weighted by atomic mass is 10.2. The van der Waals surface area contributed by atoms with Crippen LogP contribution in [0, 0.1) is 10.8 Å². The lowest BCUT2D eigenvalue weighted by molar-refractivity contribution is 0.102. The number of carbonyl (C=O) groups excluding carboxylic acids is 1. The molecule has 0 bridgehead atoms. The highest BCUT2D eigenvalue weighted by Gasteiger charge is 2.29. The Labute approximate surface area is 421 Å². The van der Waals surface area contributed by atoms with Gasteiger partial charge in [-0.25, -0.2) is 10.0 Å². The average Bonchev–Trinajstić information content (AvgIpc) is 3.81. The van der Waals surface area contributed by atoms with Gasteiger partial charge in [0, 0.05) is 50.5 Å². The number of benzene rings is 4. The molecule has 2 heterocycles. The van der Waals surface area contributed by atoms with E-state index in [1.54, 1.807) is 78.2 Å². The van der Waals surface area contributed by atoms with Crippen LogP contribution in [0.15, 0.2) is 127 Å². The molecule has 2 aliphatic rings. The first kappa shape index (κ1) is 58.6. The molecule has 2 aliphatic heterocycles. The molecule has 1 amide bonds. The fraction of sp³-hybridized carbons (Fsp3) is 0.311. The van der Waals surface area contributed by atoms with Crippen molar-refractivity contribution < 1.29 is 61.4 Å². The van der Waals surface area contributed by atoms with E-state index in [2.05, 4.69) is 36.6 Å². The summed E-state index contributed by atoms with van der Waals surface area (Å²) >= 11 is 0. The summed E-state index contributed by atoms with van der Waals surface area (Å²) in [5, 5.41) is 90.2. The van der Waals surface area contributed by atoms with Gasteiger partial charge in [0.1, 0.15) is 0 Å². The summed E-state index contributed by atoms with van der Waals surface area (Å²) in [4.78, 5) is 15.8. The SMILES string of the molecule is CC1=NN(c2cccc(S(=O)(=O)O)c2)C(=N)/C1=N\Nc1ccc(C(=O)Nc2ccc(N/N=C3/C(=N)N(c4cccc(S(=O)(=O)O)c4)N=C3C)cc2)cc1.OCCN(CCO)CCO.OCCN(CCO)CCO. The molecule has 0 radical (unpaired) electrons. The Morgan fingerprint density at radius 2 is 0.877 bits per heavy atom. The van der Waals surface area contributed by atoms with Gasteiger partial charge in [-0.3, -0.25) is 45.4 Å². The van der Waals surface area contributed by atoms with Crippen molar-refractivity contribution in [3.8, 4) is 0 Å². The molecule has 6 rings (SSSR count). The van der Waals surface area contributed by atoms with Gasteiger partial charge in [0.15, 0.2) is 23.1 Å². The van der Waals surface area contributed by atoms with E-state index in [4.69, 9.17) is 41.5 Å². The van der Waals surface area contributed by atoms with Crippen molar-refractivity contribution in [1.82, 2.24) is 9.80 Å². The Balaban J connectivity index is 0.000000484. The number of nitrogens with zero attached hydrogens (tertiary/aromatic N) is 8. The molecule has 26 nitrogen and oxygen atoms in total. The van der Waals surface area contributed by atoms with Gasteiger partial charge in [0.2, 0.25) is 0 Å². The van der Waals surface area contributed by atoms with Crippen LogP contribution in [0.25, 0.3) is 0 Å². The lowest BCUT2D eigenvalue weighted by Gasteiger charge is -2.17. The van der Waals surface area contributed by atoms with Gasteiger partial charge in [-0.2, -0.15) is 37.2 Å². The van der Waals surface area contributed by atoms with Gasteiger partial charge in [-0.1, -0.05) is 12.1 Å². The van der Waals surface area contributed by atoms with E-state index in [9.17, 15) is 30.7 Å². The van der Waals surface area contributed by atoms with Crippen molar-refractivity contribution in [2.45, 2.75) is 23.6 Å². The molecule has 28 heteroatoms. The lowest BCUT2D eigenvalue weighted by Crippen LogP contribution is -2.32. The van der Waals surface area contributed by atoms with Crippen LogP contribution < -0.4 is 26.2 Å². The minimum Gasteiger partial charge on any atom is -0.395 e. The monoisotopic (exact) mass is 1050 g/mol. The maximum Gasteiger partial charge on any atom is 0.294 e. The number of aliphatic hydroxyl groups is 6. The van der Waals surface area contributed by atoms with Gasteiger partial charge < -0.3 is 36.0 Å². The number of hydrazone groups is 4. The first-order valence-corrected chi connectivity index (χ1v) is 25.0. The number of hydrogen-bond donors (Lipinski definition) is 13. The molecular formula is C45H59N13O13S2.